The molecule has 0 unspecified atom stereocenters. The van der Waals surface area contributed by atoms with Crippen LogP contribution in [-0.4, -0.2) is 45.3 Å². The van der Waals surface area contributed by atoms with Crippen molar-refractivity contribution in [3.8, 4) is 5.75 Å². The van der Waals surface area contributed by atoms with E-state index in [-0.39, 0.29) is 6.10 Å². The SMILES string of the molecule is c1ccc(OCCSc2nnnn2C[C@H]2CCCO2)cc1. The molecular weight excluding hydrogens is 288 g/mol. The van der Waals surface area contributed by atoms with Crippen LogP contribution in [0.25, 0.3) is 0 Å². The Kier molecular flexibility index (Phi) is 5.07. The molecule has 1 fully saturated rings. The van der Waals surface area contributed by atoms with Crippen LogP contribution < -0.4 is 4.74 Å². The van der Waals surface area contributed by atoms with E-state index in [0.717, 1.165) is 42.7 Å². The van der Waals surface area contributed by atoms with Crippen molar-refractivity contribution in [2.45, 2.75) is 30.6 Å². The maximum absolute atomic E-state index is 5.65. The van der Waals surface area contributed by atoms with E-state index in [1.807, 2.05) is 35.0 Å². The third-order valence-electron chi connectivity index (χ3n) is 3.23. The molecular formula is C14H18N4O2S. The van der Waals surface area contributed by atoms with Crippen LogP contribution in [0.5, 0.6) is 5.75 Å². The van der Waals surface area contributed by atoms with Crippen molar-refractivity contribution in [1.29, 1.82) is 0 Å². The number of tetrazole rings is 1. The molecule has 7 heteroatoms. The van der Waals surface area contributed by atoms with Gasteiger partial charge in [-0.25, -0.2) is 4.68 Å². The summed E-state index contributed by atoms with van der Waals surface area (Å²) in [7, 11) is 0. The summed E-state index contributed by atoms with van der Waals surface area (Å²) in [6.45, 7) is 2.20. The highest BCUT2D eigenvalue weighted by Crippen LogP contribution is 2.18. The van der Waals surface area contributed by atoms with Gasteiger partial charge in [0.1, 0.15) is 5.75 Å². The van der Waals surface area contributed by atoms with Gasteiger partial charge in [-0.15, -0.1) is 5.10 Å². The Hall–Kier alpha value is -1.60. The summed E-state index contributed by atoms with van der Waals surface area (Å²) in [5.41, 5.74) is 0. The van der Waals surface area contributed by atoms with E-state index < -0.39 is 0 Å². The van der Waals surface area contributed by atoms with E-state index in [1.165, 1.54) is 0 Å². The molecule has 0 radical (unpaired) electrons. The molecule has 1 aromatic heterocycles. The first-order chi connectivity index (χ1) is 10.4. The summed E-state index contributed by atoms with van der Waals surface area (Å²) >= 11 is 1.60. The van der Waals surface area contributed by atoms with Crippen LogP contribution >= 0.6 is 11.8 Å². The minimum atomic E-state index is 0.244. The summed E-state index contributed by atoms with van der Waals surface area (Å²) < 4.78 is 13.1. The van der Waals surface area contributed by atoms with Gasteiger partial charge in [0.25, 0.3) is 0 Å². The summed E-state index contributed by atoms with van der Waals surface area (Å²) in [6, 6.07) is 9.80. The van der Waals surface area contributed by atoms with Crippen molar-refractivity contribution in [3.05, 3.63) is 30.3 Å². The molecule has 1 aromatic carbocycles. The smallest absolute Gasteiger partial charge is 0.209 e. The number of hydrogen-bond donors (Lipinski definition) is 0. The number of para-hydroxylation sites is 1. The number of aromatic nitrogens is 4. The lowest BCUT2D eigenvalue weighted by Gasteiger charge is -2.10. The number of thioether (sulfide) groups is 1. The summed E-state index contributed by atoms with van der Waals surface area (Å²) in [6.07, 6.45) is 2.45. The fraction of sp³-hybridized carbons (Fsp3) is 0.500. The zero-order chi connectivity index (χ0) is 14.3. The molecule has 0 amide bonds. The fourth-order valence-corrected chi connectivity index (χ4v) is 2.91. The number of nitrogens with zero attached hydrogens (tertiary/aromatic N) is 4. The fourth-order valence-electron chi connectivity index (χ4n) is 2.20. The molecule has 21 heavy (non-hydrogen) atoms. The average molecular weight is 306 g/mol. The number of benzene rings is 1. The molecule has 2 heterocycles. The minimum absolute atomic E-state index is 0.244. The van der Waals surface area contributed by atoms with Gasteiger partial charge in [-0.05, 0) is 35.4 Å². The predicted molar refractivity (Wildman–Crippen MR) is 79.5 cm³/mol. The second-order valence-electron chi connectivity index (χ2n) is 4.79. The third-order valence-corrected chi connectivity index (χ3v) is 4.15. The molecule has 1 atom stereocenters. The molecule has 0 N–H and O–H groups in total. The summed E-state index contributed by atoms with van der Waals surface area (Å²) in [4.78, 5) is 0. The monoisotopic (exact) mass is 306 g/mol. The van der Waals surface area contributed by atoms with Gasteiger partial charge in [-0.3, -0.25) is 0 Å². The van der Waals surface area contributed by atoms with Crippen molar-refractivity contribution in [2.75, 3.05) is 19.0 Å². The minimum Gasteiger partial charge on any atom is -0.493 e. The van der Waals surface area contributed by atoms with Crippen LogP contribution in [-0.2, 0) is 11.3 Å². The number of hydrogen-bond acceptors (Lipinski definition) is 6. The van der Waals surface area contributed by atoms with Crippen LogP contribution in [0.4, 0.5) is 0 Å². The van der Waals surface area contributed by atoms with Crippen molar-refractivity contribution < 1.29 is 9.47 Å². The number of rotatable bonds is 7. The Labute approximate surface area is 127 Å². The van der Waals surface area contributed by atoms with Gasteiger partial charge in [0, 0.05) is 12.4 Å². The van der Waals surface area contributed by atoms with Crippen molar-refractivity contribution in [2.24, 2.45) is 0 Å². The molecule has 6 nitrogen and oxygen atoms in total. The third kappa shape index (κ3) is 4.18. The molecule has 2 aromatic rings. The van der Waals surface area contributed by atoms with Crippen LogP contribution in [0, 0.1) is 0 Å². The Morgan fingerprint density at radius 3 is 3.05 bits per heavy atom. The highest BCUT2D eigenvalue weighted by atomic mass is 32.2. The van der Waals surface area contributed by atoms with Gasteiger partial charge in [0.15, 0.2) is 0 Å². The number of ether oxygens (including phenoxy) is 2. The molecule has 1 aliphatic rings. The van der Waals surface area contributed by atoms with Crippen molar-refractivity contribution in [1.82, 2.24) is 20.2 Å². The van der Waals surface area contributed by atoms with Crippen LogP contribution in [0.3, 0.4) is 0 Å². The zero-order valence-corrected chi connectivity index (χ0v) is 12.5. The molecule has 0 saturated carbocycles. The van der Waals surface area contributed by atoms with Gasteiger partial charge in [0.2, 0.25) is 5.16 Å². The van der Waals surface area contributed by atoms with Gasteiger partial charge < -0.3 is 9.47 Å². The Morgan fingerprint density at radius 1 is 1.33 bits per heavy atom. The van der Waals surface area contributed by atoms with E-state index in [4.69, 9.17) is 9.47 Å². The zero-order valence-electron chi connectivity index (χ0n) is 11.7. The predicted octanol–water partition coefficient (Wildman–Crippen LogP) is 2.02. The highest BCUT2D eigenvalue weighted by Gasteiger charge is 2.18. The maximum atomic E-state index is 5.65. The molecule has 1 saturated heterocycles. The van der Waals surface area contributed by atoms with Gasteiger partial charge in [-0.1, -0.05) is 30.0 Å². The van der Waals surface area contributed by atoms with Gasteiger partial charge >= 0.3 is 0 Å². The molecule has 0 aliphatic carbocycles. The van der Waals surface area contributed by atoms with Gasteiger partial charge in [0.05, 0.1) is 19.3 Å². The van der Waals surface area contributed by atoms with E-state index in [0.29, 0.717) is 6.61 Å². The van der Waals surface area contributed by atoms with E-state index in [2.05, 4.69) is 15.5 Å². The van der Waals surface area contributed by atoms with E-state index in [9.17, 15) is 0 Å². The summed E-state index contributed by atoms with van der Waals surface area (Å²) in [5.74, 6) is 1.69. The molecule has 3 rings (SSSR count). The molecule has 0 spiro atoms. The Bertz CT molecular complexity index is 543. The lowest BCUT2D eigenvalue weighted by Crippen LogP contribution is -2.17. The normalized spacial score (nSPS) is 18.0. The molecule has 1 aliphatic heterocycles. The molecule has 0 bridgehead atoms. The average Bonchev–Trinajstić information content (AvgIpc) is 3.18. The lowest BCUT2D eigenvalue weighted by molar-refractivity contribution is 0.0912. The van der Waals surface area contributed by atoms with Crippen LogP contribution in [0.15, 0.2) is 35.5 Å². The first-order valence-corrected chi connectivity index (χ1v) is 8.09. The lowest BCUT2D eigenvalue weighted by atomic mass is 10.2. The second kappa shape index (κ2) is 7.42. The second-order valence-corrected chi connectivity index (χ2v) is 5.85. The topological polar surface area (TPSA) is 62.1 Å². The quantitative estimate of drug-likeness (QED) is 0.576. The summed E-state index contributed by atoms with van der Waals surface area (Å²) in [5, 5.41) is 12.7. The van der Waals surface area contributed by atoms with Crippen molar-refractivity contribution in [3.63, 3.8) is 0 Å². The van der Waals surface area contributed by atoms with Crippen LogP contribution in [0.1, 0.15) is 12.8 Å². The van der Waals surface area contributed by atoms with E-state index in [1.54, 1.807) is 11.8 Å². The van der Waals surface area contributed by atoms with Crippen molar-refractivity contribution >= 4 is 11.8 Å². The van der Waals surface area contributed by atoms with E-state index >= 15 is 0 Å². The Morgan fingerprint density at radius 2 is 2.24 bits per heavy atom. The maximum Gasteiger partial charge on any atom is 0.209 e. The Balaban J connectivity index is 1.44. The first kappa shape index (κ1) is 14.3. The first-order valence-electron chi connectivity index (χ1n) is 7.10. The van der Waals surface area contributed by atoms with Crippen LogP contribution in [0.2, 0.25) is 0 Å². The standard InChI is InChI=1S/C14H18N4O2S/c1-2-5-12(6-3-1)20-9-10-21-14-15-16-17-18(14)11-13-7-4-8-19-13/h1-3,5-6,13H,4,7-11H2/t13-/m1/s1. The largest absolute Gasteiger partial charge is 0.493 e. The highest BCUT2D eigenvalue weighted by molar-refractivity contribution is 7.99. The van der Waals surface area contributed by atoms with Gasteiger partial charge in [-0.2, -0.15) is 0 Å². The molecule has 112 valence electrons.